The van der Waals surface area contributed by atoms with Crippen LogP contribution >= 0.6 is 10.7 Å². The molecule has 0 spiro atoms. The average molecular weight is 332 g/mol. The fourth-order valence-electron chi connectivity index (χ4n) is 2.73. The third-order valence-electron chi connectivity index (χ3n) is 4.41. The van der Waals surface area contributed by atoms with Crippen molar-refractivity contribution in [3.63, 3.8) is 0 Å². The first kappa shape index (κ1) is 14.8. The summed E-state index contributed by atoms with van der Waals surface area (Å²) in [5, 5.41) is 9.42. The maximum Gasteiger partial charge on any atom is 0.273 e. The molecule has 1 heterocycles. The van der Waals surface area contributed by atoms with E-state index >= 15 is 0 Å². The number of hydrogen-bond donors (Lipinski definition) is 2. The highest BCUT2D eigenvalue weighted by atomic mass is 35.7. The van der Waals surface area contributed by atoms with Crippen molar-refractivity contribution < 1.29 is 13.2 Å². The minimum Gasteiger partial charge on any atom is -0.348 e. The zero-order valence-corrected chi connectivity index (χ0v) is 13.3. The molecular formula is C13H18ClN3O3S. The normalized spacial score (nSPS) is 20.9. The molecule has 1 aromatic heterocycles. The number of nitrogens with zero attached hydrogens (tertiary/aromatic N) is 1. The van der Waals surface area contributed by atoms with Crippen molar-refractivity contribution in [3.8, 4) is 0 Å². The SMILES string of the molecule is CC(NC(=O)c1n[nH]c(C2CC2)c1S(=O)(=O)Cl)C1CCC1. The highest BCUT2D eigenvalue weighted by molar-refractivity contribution is 8.13. The molecule has 8 heteroatoms. The molecule has 1 unspecified atom stereocenters. The van der Waals surface area contributed by atoms with Gasteiger partial charge in [0.05, 0.1) is 5.69 Å². The molecule has 2 fully saturated rings. The topological polar surface area (TPSA) is 91.9 Å². The highest BCUT2D eigenvalue weighted by Crippen LogP contribution is 2.43. The van der Waals surface area contributed by atoms with Crippen LogP contribution < -0.4 is 5.32 Å². The average Bonchev–Trinajstić information content (AvgIpc) is 3.03. The van der Waals surface area contributed by atoms with Crippen LogP contribution in [-0.4, -0.2) is 30.6 Å². The van der Waals surface area contributed by atoms with E-state index in [2.05, 4.69) is 15.5 Å². The van der Waals surface area contributed by atoms with Gasteiger partial charge in [0, 0.05) is 22.6 Å². The Balaban J connectivity index is 1.85. The number of H-pyrrole nitrogens is 1. The van der Waals surface area contributed by atoms with Crippen LogP contribution in [0.3, 0.4) is 0 Å². The van der Waals surface area contributed by atoms with Crippen LogP contribution in [0.15, 0.2) is 4.90 Å². The fraction of sp³-hybridized carbons (Fsp3) is 0.692. The highest BCUT2D eigenvalue weighted by Gasteiger charge is 2.37. The van der Waals surface area contributed by atoms with E-state index in [4.69, 9.17) is 10.7 Å². The van der Waals surface area contributed by atoms with E-state index in [9.17, 15) is 13.2 Å². The van der Waals surface area contributed by atoms with Gasteiger partial charge in [0.15, 0.2) is 5.69 Å². The Labute approximate surface area is 128 Å². The molecule has 1 atom stereocenters. The third-order valence-corrected chi connectivity index (χ3v) is 5.77. The Bertz CT molecular complexity index is 662. The van der Waals surface area contributed by atoms with Gasteiger partial charge in [-0.25, -0.2) is 8.42 Å². The number of halogens is 1. The number of carbonyl (C=O) groups is 1. The lowest BCUT2D eigenvalue weighted by Crippen LogP contribution is -2.41. The van der Waals surface area contributed by atoms with Gasteiger partial charge in [0.2, 0.25) is 0 Å². The molecule has 21 heavy (non-hydrogen) atoms. The van der Waals surface area contributed by atoms with Crippen LogP contribution in [0, 0.1) is 5.92 Å². The number of hydrogen-bond acceptors (Lipinski definition) is 4. The zero-order chi connectivity index (χ0) is 15.2. The number of nitrogens with one attached hydrogen (secondary N) is 2. The molecule has 2 N–H and O–H groups in total. The second kappa shape index (κ2) is 5.28. The van der Waals surface area contributed by atoms with Crippen LogP contribution in [0.2, 0.25) is 0 Å². The van der Waals surface area contributed by atoms with Gasteiger partial charge < -0.3 is 5.32 Å². The van der Waals surface area contributed by atoms with Crippen LogP contribution in [0.1, 0.15) is 61.1 Å². The maximum absolute atomic E-state index is 12.3. The fourth-order valence-corrected chi connectivity index (χ4v) is 4.04. The summed E-state index contributed by atoms with van der Waals surface area (Å²) in [4.78, 5) is 12.2. The van der Waals surface area contributed by atoms with E-state index in [1.54, 1.807) is 0 Å². The van der Waals surface area contributed by atoms with E-state index in [-0.39, 0.29) is 22.5 Å². The molecule has 3 rings (SSSR count). The third kappa shape index (κ3) is 2.94. The molecule has 2 aliphatic rings. The number of rotatable bonds is 5. The summed E-state index contributed by atoms with van der Waals surface area (Å²) in [6.07, 6.45) is 5.15. The van der Waals surface area contributed by atoms with Gasteiger partial charge in [-0.05, 0) is 38.5 Å². The maximum atomic E-state index is 12.3. The minimum absolute atomic E-state index is 0.0122. The summed E-state index contributed by atoms with van der Waals surface area (Å²) in [7, 11) is 1.50. The smallest absolute Gasteiger partial charge is 0.273 e. The van der Waals surface area contributed by atoms with Gasteiger partial charge >= 0.3 is 0 Å². The van der Waals surface area contributed by atoms with E-state index in [0.717, 1.165) is 25.7 Å². The standard InChI is InChI=1S/C13H18ClN3O3S/c1-7(8-3-2-4-8)15-13(18)11-12(21(14,19)20)10(16-17-11)9-5-6-9/h7-9H,2-6H2,1H3,(H,15,18)(H,16,17). The summed E-state index contributed by atoms with van der Waals surface area (Å²) in [6, 6.07) is 0.0122. The number of aromatic nitrogens is 2. The molecule has 0 radical (unpaired) electrons. The monoisotopic (exact) mass is 331 g/mol. The zero-order valence-electron chi connectivity index (χ0n) is 11.7. The first-order valence-electron chi connectivity index (χ1n) is 7.21. The Kier molecular flexibility index (Phi) is 3.73. The Hall–Kier alpha value is -1.08. The molecule has 0 aliphatic heterocycles. The van der Waals surface area contributed by atoms with E-state index in [1.807, 2.05) is 6.92 Å². The largest absolute Gasteiger partial charge is 0.348 e. The molecule has 1 aromatic rings. The second-order valence-corrected chi connectivity index (χ2v) is 8.48. The van der Waals surface area contributed by atoms with Gasteiger partial charge in [0.25, 0.3) is 15.0 Å². The molecule has 2 aliphatic carbocycles. The van der Waals surface area contributed by atoms with Gasteiger partial charge in [-0.2, -0.15) is 5.10 Å². The quantitative estimate of drug-likeness (QED) is 0.808. The lowest BCUT2D eigenvalue weighted by molar-refractivity contribution is 0.0901. The van der Waals surface area contributed by atoms with Crippen LogP contribution in [0.5, 0.6) is 0 Å². The summed E-state index contributed by atoms with van der Waals surface area (Å²) in [5.74, 6) is 0.107. The molecule has 0 bridgehead atoms. The van der Waals surface area contributed by atoms with Crippen molar-refractivity contribution in [2.45, 2.75) is 55.9 Å². The minimum atomic E-state index is -4.00. The van der Waals surface area contributed by atoms with Crippen LogP contribution in [-0.2, 0) is 9.05 Å². The van der Waals surface area contributed by atoms with Crippen molar-refractivity contribution in [2.75, 3.05) is 0 Å². The Morgan fingerprint density at radius 3 is 2.52 bits per heavy atom. The predicted octanol–water partition coefficient (Wildman–Crippen LogP) is 2.13. The van der Waals surface area contributed by atoms with Crippen molar-refractivity contribution in [1.29, 1.82) is 0 Å². The van der Waals surface area contributed by atoms with E-state index in [0.29, 0.717) is 11.6 Å². The molecule has 1 amide bonds. The lowest BCUT2D eigenvalue weighted by atomic mass is 9.80. The molecule has 116 valence electrons. The van der Waals surface area contributed by atoms with Crippen molar-refractivity contribution in [1.82, 2.24) is 15.5 Å². The van der Waals surface area contributed by atoms with Crippen molar-refractivity contribution in [2.24, 2.45) is 5.92 Å². The summed E-state index contributed by atoms with van der Waals surface area (Å²) < 4.78 is 23.6. The lowest BCUT2D eigenvalue weighted by Gasteiger charge is -2.31. The summed E-state index contributed by atoms with van der Waals surface area (Å²) >= 11 is 0. The summed E-state index contributed by atoms with van der Waals surface area (Å²) in [5.41, 5.74) is 0.351. The first-order valence-corrected chi connectivity index (χ1v) is 9.52. The first-order chi connectivity index (χ1) is 9.88. The number of aromatic amines is 1. The molecule has 0 saturated heterocycles. The molecule has 0 aromatic carbocycles. The molecule has 6 nitrogen and oxygen atoms in total. The molecular weight excluding hydrogens is 314 g/mol. The number of amides is 1. The van der Waals surface area contributed by atoms with E-state index < -0.39 is 15.0 Å². The second-order valence-electron chi connectivity index (χ2n) is 5.98. The van der Waals surface area contributed by atoms with Crippen LogP contribution in [0.25, 0.3) is 0 Å². The Morgan fingerprint density at radius 1 is 1.38 bits per heavy atom. The van der Waals surface area contributed by atoms with Crippen molar-refractivity contribution >= 4 is 25.6 Å². The van der Waals surface area contributed by atoms with Gasteiger partial charge in [-0.3, -0.25) is 9.89 Å². The Morgan fingerprint density at radius 2 is 2.05 bits per heavy atom. The van der Waals surface area contributed by atoms with E-state index in [1.165, 1.54) is 6.42 Å². The van der Waals surface area contributed by atoms with Gasteiger partial charge in [-0.15, -0.1) is 0 Å². The summed E-state index contributed by atoms with van der Waals surface area (Å²) in [6.45, 7) is 1.94. The van der Waals surface area contributed by atoms with Gasteiger partial charge in [0.1, 0.15) is 4.90 Å². The van der Waals surface area contributed by atoms with Gasteiger partial charge in [-0.1, -0.05) is 6.42 Å². The van der Waals surface area contributed by atoms with Crippen LogP contribution in [0.4, 0.5) is 0 Å². The van der Waals surface area contributed by atoms with Crippen molar-refractivity contribution in [3.05, 3.63) is 11.4 Å². The predicted molar refractivity (Wildman–Crippen MR) is 77.9 cm³/mol. The molecule has 2 saturated carbocycles. The number of carbonyl (C=O) groups excluding carboxylic acids is 1.